The summed E-state index contributed by atoms with van der Waals surface area (Å²) in [5.41, 5.74) is 2.24. The molecule has 1 saturated heterocycles. The number of benzene rings is 1. The number of nitrogens with zero attached hydrogens (tertiary/aromatic N) is 3. The summed E-state index contributed by atoms with van der Waals surface area (Å²) in [4.78, 5) is 20.7. The highest BCUT2D eigenvalue weighted by atomic mass is 16.5. The third-order valence-electron chi connectivity index (χ3n) is 5.59. The molecule has 180 valence electrons. The lowest BCUT2D eigenvalue weighted by Crippen LogP contribution is -2.44. The van der Waals surface area contributed by atoms with Crippen molar-refractivity contribution in [3.8, 4) is 5.75 Å². The summed E-state index contributed by atoms with van der Waals surface area (Å²) >= 11 is 0. The van der Waals surface area contributed by atoms with E-state index in [1.54, 1.807) is 11.9 Å². The van der Waals surface area contributed by atoms with Crippen LogP contribution in [0, 0.1) is 6.92 Å². The first kappa shape index (κ1) is 25.9. The number of amides is 1. The van der Waals surface area contributed by atoms with Gasteiger partial charge in [0.2, 0.25) is 5.91 Å². The number of rotatable bonds is 12. The van der Waals surface area contributed by atoms with Crippen molar-refractivity contribution < 1.29 is 14.3 Å². The van der Waals surface area contributed by atoms with E-state index in [0.29, 0.717) is 26.4 Å². The number of likely N-dealkylation sites (tertiary alicyclic amines) is 1. The third-order valence-corrected chi connectivity index (χ3v) is 5.59. The van der Waals surface area contributed by atoms with Crippen LogP contribution in [0.25, 0.3) is 0 Å². The van der Waals surface area contributed by atoms with Gasteiger partial charge in [-0.05, 0) is 51.3 Å². The molecule has 1 heterocycles. The Hall–Kier alpha value is -2.32. The van der Waals surface area contributed by atoms with Crippen LogP contribution >= 0.6 is 0 Å². The number of aryl methyl sites for hydroxylation is 1. The Kier molecular flexibility index (Phi) is 11.3. The van der Waals surface area contributed by atoms with E-state index in [1.807, 2.05) is 21.0 Å². The zero-order chi connectivity index (χ0) is 23.3. The molecule has 1 aliphatic rings. The Morgan fingerprint density at radius 1 is 1.28 bits per heavy atom. The number of nitrogens with one attached hydrogen (secondary N) is 2. The van der Waals surface area contributed by atoms with E-state index in [4.69, 9.17) is 9.47 Å². The number of ether oxygens (including phenoxy) is 2. The Morgan fingerprint density at radius 3 is 2.81 bits per heavy atom. The largest absolute Gasteiger partial charge is 0.491 e. The van der Waals surface area contributed by atoms with E-state index in [-0.39, 0.29) is 11.9 Å². The van der Waals surface area contributed by atoms with Gasteiger partial charge < -0.3 is 25.0 Å². The molecule has 0 aliphatic carbocycles. The Labute approximate surface area is 193 Å². The van der Waals surface area contributed by atoms with Gasteiger partial charge in [-0.3, -0.25) is 14.7 Å². The average Bonchev–Trinajstić information content (AvgIpc) is 3.25. The van der Waals surface area contributed by atoms with E-state index < -0.39 is 0 Å². The van der Waals surface area contributed by atoms with Crippen LogP contribution in [-0.2, 0) is 16.1 Å². The summed E-state index contributed by atoms with van der Waals surface area (Å²) in [7, 11) is 5.44. The minimum atomic E-state index is 0.0325. The van der Waals surface area contributed by atoms with Gasteiger partial charge in [0.25, 0.3) is 0 Å². The van der Waals surface area contributed by atoms with Crippen molar-refractivity contribution in [1.82, 2.24) is 20.4 Å². The topological polar surface area (TPSA) is 78.4 Å². The minimum Gasteiger partial charge on any atom is -0.491 e. The summed E-state index contributed by atoms with van der Waals surface area (Å²) in [6.07, 6.45) is 3.00. The Balaban J connectivity index is 1.77. The van der Waals surface area contributed by atoms with Crippen LogP contribution in [0.1, 0.15) is 37.3 Å². The lowest BCUT2D eigenvalue weighted by Gasteiger charge is -2.26. The van der Waals surface area contributed by atoms with Gasteiger partial charge in [-0.25, -0.2) is 0 Å². The van der Waals surface area contributed by atoms with Crippen molar-refractivity contribution in [3.63, 3.8) is 0 Å². The highest BCUT2D eigenvalue weighted by Crippen LogP contribution is 2.20. The van der Waals surface area contributed by atoms with Gasteiger partial charge in [0, 0.05) is 52.9 Å². The first-order chi connectivity index (χ1) is 15.5. The van der Waals surface area contributed by atoms with Gasteiger partial charge in [-0.2, -0.15) is 0 Å². The quantitative estimate of drug-likeness (QED) is 0.290. The second-order valence-corrected chi connectivity index (χ2v) is 8.29. The van der Waals surface area contributed by atoms with Gasteiger partial charge in [0.15, 0.2) is 5.96 Å². The summed E-state index contributed by atoms with van der Waals surface area (Å²) in [5.74, 6) is 1.84. The summed E-state index contributed by atoms with van der Waals surface area (Å²) < 4.78 is 11.3. The standard InChI is InChI=1S/C24H41N5O3/c1-6-31-15-16-32-22-17-19(2)10-11-20(22)18-27-24(25-3)26-12-8-14-29-13-7-9-21(29)23(30)28(4)5/h10-11,17,21H,6-9,12-16,18H2,1-5H3,(H2,25,26,27). The number of carbonyl (C=O) groups excluding carboxylic acids is 1. The van der Waals surface area contributed by atoms with Gasteiger partial charge in [-0.1, -0.05) is 12.1 Å². The number of likely N-dealkylation sites (N-methyl/N-ethyl adjacent to an activating group) is 1. The monoisotopic (exact) mass is 447 g/mol. The molecule has 2 N–H and O–H groups in total. The fraction of sp³-hybridized carbons (Fsp3) is 0.667. The van der Waals surface area contributed by atoms with Crippen molar-refractivity contribution in [3.05, 3.63) is 29.3 Å². The minimum absolute atomic E-state index is 0.0325. The molecule has 0 aromatic heterocycles. The number of guanidine groups is 1. The molecule has 0 spiro atoms. The van der Waals surface area contributed by atoms with E-state index in [0.717, 1.165) is 61.7 Å². The fourth-order valence-electron chi connectivity index (χ4n) is 3.86. The van der Waals surface area contributed by atoms with Crippen LogP contribution in [0.15, 0.2) is 23.2 Å². The molecule has 1 aliphatic heterocycles. The van der Waals surface area contributed by atoms with Crippen LogP contribution in [0.4, 0.5) is 0 Å². The average molecular weight is 448 g/mol. The van der Waals surface area contributed by atoms with Crippen LogP contribution in [-0.4, -0.2) is 88.3 Å². The smallest absolute Gasteiger partial charge is 0.239 e. The summed E-state index contributed by atoms with van der Waals surface area (Å²) in [6, 6.07) is 6.26. The molecule has 0 radical (unpaired) electrons. The summed E-state index contributed by atoms with van der Waals surface area (Å²) in [5, 5.41) is 6.75. The van der Waals surface area contributed by atoms with Crippen LogP contribution in [0.5, 0.6) is 5.75 Å². The van der Waals surface area contributed by atoms with Crippen molar-refractivity contribution in [2.24, 2.45) is 4.99 Å². The van der Waals surface area contributed by atoms with E-state index in [2.05, 4.69) is 45.6 Å². The zero-order valence-corrected chi connectivity index (χ0v) is 20.4. The molecule has 8 heteroatoms. The summed E-state index contributed by atoms with van der Waals surface area (Å²) in [6.45, 7) is 9.17. The molecule has 0 saturated carbocycles. The molecule has 1 aromatic carbocycles. The highest BCUT2D eigenvalue weighted by molar-refractivity contribution is 5.81. The number of hydrogen-bond donors (Lipinski definition) is 2. The third kappa shape index (κ3) is 8.31. The molecule has 0 bridgehead atoms. The molecule has 1 unspecified atom stereocenters. The molecule has 8 nitrogen and oxygen atoms in total. The Morgan fingerprint density at radius 2 is 2.09 bits per heavy atom. The molecule has 32 heavy (non-hydrogen) atoms. The molecular weight excluding hydrogens is 406 g/mol. The van der Waals surface area contributed by atoms with Crippen LogP contribution in [0.3, 0.4) is 0 Å². The van der Waals surface area contributed by atoms with E-state index in [1.165, 1.54) is 0 Å². The van der Waals surface area contributed by atoms with Crippen molar-refractivity contribution >= 4 is 11.9 Å². The molecule has 1 aromatic rings. The fourth-order valence-corrected chi connectivity index (χ4v) is 3.86. The Bertz CT molecular complexity index is 738. The van der Waals surface area contributed by atoms with Crippen molar-refractivity contribution in [2.75, 3.05) is 60.6 Å². The maximum atomic E-state index is 12.3. The van der Waals surface area contributed by atoms with Crippen molar-refractivity contribution in [1.29, 1.82) is 0 Å². The second-order valence-electron chi connectivity index (χ2n) is 8.29. The normalized spacial score (nSPS) is 16.8. The molecular formula is C24H41N5O3. The number of carbonyl (C=O) groups is 1. The number of aliphatic imine (C=N–C) groups is 1. The molecule has 1 atom stereocenters. The molecule has 1 amide bonds. The van der Waals surface area contributed by atoms with Crippen LogP contribution < -0.4 is 15.4 Å². The van der Waals surface area contributed by atoms with E-state index in [9.17, 15) is 4.79 Å². The maximum absolute atomic E-state index is 12.3. The molecule has 2 rings (SSSR count). The van der Waals surface area contributed by atoms with Gasteiger partial charge in [0.05, 0.1) is 12.6 Å². The van der Waals surface area contributed by atoms with E-state index >= 15 is 0 Å². The first-order valence-corrected chi connectivity index (χ1v) is 11.7. The van der Waals surface area contributed by atoms with Gasteiger partial charge in [0.1, 0.15) is 12.4 Å². The lowest BCUT2D eigenvalue weighted by atomic mass is 10.1. The predicted octanol–water partition coefficient (Wildman–Crippen LogP) is 2.02. The van der Waals surface area contributed by atoms with Crippen molar-refractivity contribution in [2.45, 2.75) is 45.7 Å². The van der Waals surface area contributed by atoms with Gasteiger partial charge >= 0.3 is 0 Å². The second kappa shape index (κ2) is 14.0. The maximum Gasteiger partial charge on any atom is 0.239 e. The lowest BCUT2D eigenvalue weighted by molar-refractivity contribution is -0.133. The zero-order valence-electron chi connectivity index (χ0n) is 20.4. The van der Waals surface area contributed by atoms with Crippen LogP contribution in [0.2, 0.25) is 0 Å². The first-order valence-electron chi connectivity index (χ1n) is 11.7. The number of hydrogen-bond acceptors (Lipinski definition) is 5. The highest BCUT2D eigenvalue weighted by Gasteiger charge is 2.30. The SMILES string of the molecule is CCOCCOc1cc(C)ccc1CNC(=NC)NCCCN1CCCC1C(=O)N(C)C. The predicted molar refractivity (Wildman–Crippen MR) is 129 cm³/mol. The van der Waals surface area contributed by atoms with Gasteiger partial charge in [-0.15, -0.1) is 0 Å². The molecule has 1 fully saturated rings.